The SMILES string of the molecule is CCCN(CC(=O)N(Cc1cccc(F)c1)C1CCN(C(=O)NCC)CC1)S(=O)(=O)c1ccccc1. The van der Waals surface area contributed by atoms with E-state index in [-0.39, 0.29) is 42.5 Å². The van der Waals surface area contributed by atoms with Crippen LogP contribution < -0.4 is 5.32 Å². The summed E-state index contributed by atoms with van der Waals surface area (Å²) < 4.78 is 41.7. The third-order valence-electron chi connectivity index (χ3n) is 6.25. The number of amides is 3. The number of benzene rings is 2. The van der Waals surface area contributed by atoms with Gasteiger partial charge >= 0.3 is 6.03 Å². The number of carbonyl (C=O) groups is 2. The van der Waals surface area contributed by atoms with E-state index >= 15 is 0 Å². The fraction of sp³-hybridized carbons (Fsp3) is 0.462. The molecule has 2 aromatic carbocycles. The van der Waals surface area contributed by atoms with Crippen molar-refractivity contribution < 1.29 is 22.4 Å². The second-order valence-electron chi connectivity index (χ2n) is 8.86. The summed E-state index contributed by atoms with van der Waals surface area (Å²) >= 11 is 0. The number of carbonyl (C=O) groups excluding carboxylic acids is 2. The van der Waals surface area contributed by atoms with Gasteiger partial charge in [0.05, 0.1) is 11.4 Å². The summed E-state index contributed by atoms with van der Waals surface area (Å²) in [5.74, 6) is -0.742. The molecular weight excluding hydrogens is 483 g/mol. The predicted molar refractivity (Wildman–Crippen MR) is 136 cm³/mol. The van der Waals surface area contributed by atoms with Crippen LogP contribution in [-0.2, 0) is 21.4 Å². The van der Waals surface area contributed by atoms with Crippen molar-refractivity contribution in [1.82, 2.24) is 19.4 Å². The largest absolute Gasteiger partial charge is 0.338 e. The maximum absolute atomic E-state index is 13.9. The van der Waals surface area contributed by atoms with E-state index in [4.69, 9.17) is 0 Å². The minimum absolute atomic E-state index is 0.137. The lowest BCUT2D eigenvalue weighted by Crippen LogP contribution is -2.52. The first-order valence-corrected chi connectivity index (χ1v) is 13.8. The number of hydrogen-bond donors (Lipinski definition) is 1. The quantitative estimate of drug-likeness (QED) is 0.522. The van der Waals surface area contributed by atoms with Crippen LogP contribution in [0.15, 0.2) is 59.5 Å². The fourth-order valence-electron chi connectivity index (χ4n) is 4.41. The van der Waals surface area contributed by atoms with E-state index in [1.54, 1.807) is 40.1 Å². The summed E-state index contributed by atoms with van der Waals surface area (Å²) in [4.78, 5) is 29.4. The molecule has 1 aliphatic rings. The Morgan fingerprint density at radius 3 is 2.36 bits per heavy atom. The zero-order valence-electron chi connectivity index (χ0n) is 20.9. The van der Waals surface area contributed by atoms with E-state index < -0.39 is 15.8 Å². The lowest BCUT2D eigenvalue weighted by Gasteiger charge is -2.39. The first-order valence-electron chi connectivity index (χ1n) is 12.4. The van der Waals surface area contributed by atoms with Gasteiger partial charge in [0.2, 0.25) is 15.9 Å². The summed E-state index contributed by atoms with van der Waals surface area (Å²) in [6.45, 7) is 5.26. The van der Waals surface area contributed by atoms with Crippen LogP contribution in [0.25, 0.3) is 0 Å². The highest BCUT2D eigenvalue weighted by atomic mass is 32.2. The molecule has 8 nitrogen and oxygen atoms in total. The molecule has 0 aromatic heterocycles. The molecule has 1 aliphatic heterocycles. The molecule has 10 heteroatoms. The third kappa shape index (κ3) is 7.04. The molecule has 2 aromatic rings. The lowest BCUT2D eigenvalue weighted by molar-refractivity contribution is -0.135. The number of nitrogens with one attached hydrogen (secondary N) is 1. The first kappa shape index (κ1) is 27.6. The van der Waals surface area contributed by atoms with Crippen LogP contribution in [0, 0.1) is 5.82 Å². The summed E-state index contributed by atoms with van der Waals surface area (Å²) in [6, 6.07) is 13.8. The highest BCUT2D eigenvalue weighted by Gasteiger charge is 2.33. The second-order valence-corrected chi connectivity index (χ2v) is 10.8. The van der Waals surface area contributed by atoms with E-state index in [0.717, 1.165) is 0 Å². The molecule has 0 aliphatic carbocycles. The molecule has 0 saturated carbocycles. The van der Waals surface area contributed by atoms with Gasteiger partial charge in [-0.1, -0.05) is 37.3 Å². The van der Waals surface area contributed by atoms with E-state index in [0.29, 0.717) is 44.5 Å². The molecule has 36 heavy (non-hydrogen) atoms. The van der Waals surface area contributed by atoms with Crippen LogP contribution >= 0.6 is 0 Å². The maximum Gasteiger partial charge on any atom is 0.317 e. The Hall–Kier alpha value is -2.98. The zero-order valence-corrected chi connectivity index (χ0v) is 21.7. The summed E-state index contributed by atoms with van der Waals surface area (Å²) in [7, 11) is -3.86. The first-order chi connectivity index (χ1) is 17.3. The highest BCUT2D eigenvalue weighted by Crippen LogP contribution is 2.22. The molecular formula is C26H35FN4O4S. The number of nitrogens with zero attached hydrogens (tertiary/aromatic N) is 3. The van der Waals surface area contributed by atoms with Crippen LogP contribution in [0.2, 0.25) is 0 Å². The van der Waals surface area contributed by atoms with E-state index in [2.05, 4.69) is 5.32 Å². The van der Waals surface area contributed by atoms with Crippen molar-refractivity contribution in [3.8, 4) is 0 Å². The summed E-state index contributed by atoms with van der Waals surface area (Å²) in [5, 5.41) is 2.79. The Labute approximate surface area is 213 Å². The Morgan fingerprint density at radius 1 is 1.06 bits per heavy atom. The van der Waals surface area contributed by atoms with Gasteiger partial charge in [0.25, 0.3) is 0 Å². The lowest BCUT2D eigenvalue weighted by atomic mass is 10.0. The minimum atomic E-state index is -3.86. The topological polar surface area (TPSA) is 90.0 Å². The molecule has 0 bridgehead atoms. The average Bonchev–Trinajstić information content (AvgIpc) is 2.88. The zero-order chi connectivity index (χ0) is 26.1. The molecule has 1 saturated heterocycles. The number of halogens is 1. The van der Waals surface area contributed by atoms with Gasteiger partial charge in [0, 0.05) is 38.8 Å². The fourth-order valence-corrected chi connectivity index (χ4v) is 5.92. The van der Waals surface area contributed by atoms with Crippen LogP contribution in [0.4, 0.5) is 9.18 Å². The number of sulfonamides is 1. The highest BCUT2D eigenvalue weighted by molar-refractivity contribution is 7.89. The van der Waals surface area contributed by atoms with Crippen molar-refractivity contribution in [2.45, 2.75) is 50.6 Å². The Balaban J connectivity index is 1.82. The van der Waals surface area contributed by atoms with Gasteiger partial charge in [-0.05, 0) is 56.0 Å². The average molecular weight is 519 g/mol. The van der Waals surface area contributed by atoms with Gasteiger partial charge in [-0.3, -0.25) is 4.79 Å². The molecule has 3 rings (SSSR count). The minimum Gasteiger partial charge on any atom is -0.338 e. The summed E-state index contributed by atoms with van der Waals surface area (Å²) in [5.41, 5.74) is 0.627. The van der Waals surface area contributed by atoms with Gasteiger partial charge in [-0.25, -0.2) is 17.6 Å². The van der Waals surface area contributed by atoms with Crippen LogP contribution in [0.1, 0.15) is 38.7 Å². The maximum atomic E-state index is 13.9. The molecule has 1 N–H and O–H groups in total. The van der Waals surface area contributed by atoms with Crippen molar-refractivity contribution >= 4 is 22.0 Å². The number of piperidine rings is 1. The molecule has 0 radical (unpaired) electrons. The van der Waals surface area contributed by atoms with Crippen molar-refractivity contribution in [3.05, 3.63) is 66.0 Å². The van der Waals surface area contributed by atoms with E-state index in [1.807, 2.05) is 13.8 Å². The molecule has 0 atom stereocenters. The van der Waals surface area contributed by atoms with Gasteiger partial charge in [-0.2, -0.15) is 4.31 Å². The Kier molecular flexibility index (Phi) is 9.83. The molecule has 3 amide bonds. The molecule has 196 valence electrons. The van der Waals surface area contributed by atoms with Crippen LogP contribution in [-0.4, -0.2) is 73.2 Å². The molecule has 0 unspecified atom stereocenters. The van der Waals surface area contributed by atoms with Crippen molar-refractivity contribution in [2.24, 2.45) is 0 Å². The number of likely N-dealkylation sites (tertiary alicyclic amines) is 1. The van der Waals surface area contributed by atoms with Gasteiger partial charge in [-0.15, -0.1) is 0 Å². The standard InChI is InChI=1S/C26H35FN4O4S/c1-3-15-30(36(34,35)24-11-6-5-7-12-24)20-25(32)31(19-21-9-8-10-22(27)18-21)23-13-16-29(17-14-23)26(33)28-4-2/h5-12,18,23H,3-4,13-17,19-20H2,1-2H3,(H,28,33). The van der Waals surface area contributed by atoms with Crippen LogP contribution in [0.5, 0.6) is 0 Å². The predicted octanol–water partition coefficient (Wildman–Crippen LogP) is 3.45. The van der Waals surface area contributed by atoms with Gasteiger partial charge in [0.1, 0.15) is 5.82 Å². The molecule has 1 fully saturated rings. The van der Waals surface area contributed by atoms with Crippen molar-refractivity contribution in [1.29, 1.82) is 0 Å². The smallest absolute Gasteiger partial charge is 0.317 e. The summed E-state index contributed by atoms with van der Waals surface area (Å²) in [6.07, 6.45) is 1.66. The van der Waals surface area contributed by atoms with Gasteiger partial charge in [0.15, 0.2) is 0 Å². The van der Waals surface area contributed by atoms with Crippen molar-refractivity contribution in [3.63, 3.8) is 0 Å². The monoisotopic (exact) mass is 518 g/mol. The number of rotatable bonds is 10. The second kappa shape index (κ2) is 12.8. The van der Waals surface area contributed by atoms with Crippen molar-refractivity contribution in [2.75, 3.05) is 32.7 Å². The van der Waals surface area contributed by atoms with Crippen LogP contribution in [0.3, 0.4) is 0 Å². The number of hydrogen-bond acceptors (Lipinski definition) is 4. The normalized spacial score (nSPS) is 14.6. The molecule has 1 heterocycles. The Bertz CT molecular complexity index is 1120. The third-order valence-corrected chi connectivity index (χ3v) is 8.11. The van der Waals surface area contributed by atoms with Gasteiger partial charge < -0.3 is 15.1 Å². The van der Waals surface area contributed by atoms with E-state index in [1.165, 1.54) is 28.6 Å². The van der Waals surface area contributed by atoms with E-state index in [9.17, 15) is 22.4 Å². The Morgan fingerprint density at radius 2 is 1.75 bits per heavy atom. The molecule has 0 spiro atoms. The number of urea groups is 1.